The molecule has 1 aromatic rings. The van der Waals surface area contributed by atoms with Gasteiger partial charge in [0, 0.05) is 25.4 Å². The number of benzene rings is 1. The van der Waals surface area contributed by atoms with Crippen LogP contribution in [0.4, 0.5) is 5.69 Å². The molecule has 0 bridgehead atoms. The van der Waals surface area contributed by atoms with Crippen LogP contribution in [0.5, 0.6) is 11.5 Å². The molecular formula is C14H22N4O4. The van der Waals surface area contributed by atoms with Crippen LogP contribution in [0, 0.1) is 0 Å². The molecule has 0 fully saturated rings. The average molecular weight is 310 g/mol. The van der Waals surface area contributed by atoms with Gasteiger partial charge in [0.05, 0.1) is 20.8 Å². The number of hydrogen-bond donors (Lipinski definition) is 3. The molecule has 0 unspecified atom stereocenters. The van der Waals surface area contributed by atoms with E-state index in [0.717, 1.165) is 0 Å². The molecule has 8 heteroatoms. The minimum absolute atomic E-state index is 0.0597. The molecule has 0 radical (unpaired) electrons. The highest BCUT2D eigenvalue weighted by Crippen LogP contribution is 2.29. The highest BCUT2D eigenvalue weighted by atomic mass is 16.5. The fourth-order valence-electron chi connectivity index (χ4n) is 1.61. The van der Waals surface area contributed by atoms with Gasteiger partial charge >= 0.3 is 0 Å². The standard InChI is InChI=1S/C14H22N4O4/c1-20-7-6-16-13(19)9-17-14(15)18-10-4-5-11(21-2)12(8-10)22-3/h4-5,8H,6-7,9H2,1-3H3,(H,16,19)(H3,15,17,18). The number of anilines is 1. The van der Waals surface area contributed by atoms with Crippen molar-refractivity contribution in [1.29, 1.82) is 0 Å². The third-order valence-electron chi connectivity index (χ3n) is 2.68. The first-order valence-electron chi connectivity index (χ1n) is 6.65. The van der Waals surface area contributed by atoms with Crippen molar-refractivity contribution in [3.63, 3.8) is 0 Å². The van der Waals surface area contributed by atoms with E-state index in [9.17, 15) is 4.79 Å². The Kier molecular flexibility index (Phi) is 7.55. The summed E-state index contributed by atoms with van der Waals surface area (Å²) >= 11 is 0. The van der Waals surface area contributed by atoms with Crippen LogP contribution in [-0.2, 0) is 9.53 Å². The summed E-state index contributed by atoms with van der Waals surface area (Å²) in [6.45, 7) is 0.832. The average Bonchev–Trinajstić information content (AvgIpc) is 2.53. The van der Waals surface area contributed by atoms with Crippen LogP contribution < -0.4 is 25.8 Å². The minimum Gasteiger partial charge on any atom is -0.493 e. The summed E-state index contributed by atoms with van der Waals surface area (Å²) in [5, 5.41) is 5.52. The van der Waals surface area contributed by atoms with Crippen LogP contribution in [0.3, 0.4) is 0 Å². The molecule has 0 saturated carbocycles. The van der Waals surface area contributed by atoms with Gasteiger partial charge in [0.2, 0.25) is 5.91 Å². The number of carbonyl (C=O) groups is 1. The molecular weight excluding hydrogens is 288 g/mol. The SMILES string of the molecule is COCCNC(=O)CN=C(N)Nc1ccc(OC)c(OC)c1. The summed E-state index contributed by atoms with van der Waals surface area (Å²) in [4.78, 5) is 15.4. The number of nitrogens with two attached hydrogens (primary N) is 1. The lowest BCUT2D eigenvalue weighted by Gasteiger charge is -2.11. The summed E-state index contributed by atoms with van der Waals surface area (Å²) in [7, 11) is 4.67. The summed E-state index contributed by atoms with van der Waals surface area (Å²) in [5.41, 5.74) is 6.41. The molecule has 22 heavy (non-hydrogen) atoms. The Balaban J connectivity index is 2.55. The third kappa shape index (κ3) is 5.88. The third-order valence-corrected chi connectivity index (χ3v) is 2.68. The summed E-state index contributed by atoms with van der Waals surface area (Å²) in [6.07, 6.45) is 0. The van der Waals surface area contributed by atoms with Gasteiger partial charge in [-0.3, -0.25) is 4.79 Å². The molecule has 0 saturated heterocycles. The Bertz CT molecular complexity index is 520. The fraction of sp³-hybridized carbons (Fsp3) is 0.429. The van der Waals surface area contributed by atoms with Crippen molar-refractivity contribution in [3.05, 3.63) is 18.2 Å². The van der Waals surface area contributed by atoms with Gasteiger partial charge in [-0.1, -0.05) is 0 Å². The van der Waals surface area contributed by atoms with E-state index in [1.165, 1.54) is 0 Å². The van der Waals surface area contributed by atoms with Gasteiger partial charge in [-0.15, -0.1) is 0 Å². The number of methoxy groups -OCH3 is 3. The van der Waals surface area contributed by atoms with E-state index in [0.29, 0.717) is 30.3 Å². The molecule has 0 heterocycles. The van der Waals surface area contributed by atoms with Crippen LogP contribution in [0.15, 0.2) is 23.2 Å². The molecule has 0 spiro atoms. The molecule has 1 rings (SSSR count). The number of hydrogen-bond acceptors (Lipinski definition) is 5. The quantitative estimate of drug-likeness (QED) is 0.359. The van der Waals surface area contributed by atoms with E-state index in [2.05, 4.69) is 15.6 Å². The normalized spacial score (nSPS) is 11.0. The molecule has 122 valence electrons. The Hall–Kier alpha value is -2.48. The van der Waals surface area contributed by atoms with Gasteiger partial charge in [0.1, 0.15) is 6.54 Å². The van der Waals surface area contributed by atoms with Crippen molar-refractivity contribution in [2.75, 3.05) is 46.3 Å². The van der Waals surface area contributed by atoms with Crippen LogP contribution in [0.25, 0.3) is 0 Å². The first-order chi connectivity index (χ1) is 10.6. The predicted molar refractivity (Wildman–Crippen MR) is 84.5 cm³/mol. The maximum absolute atomic E-state index is 11.5. The largest absolute Gasteiger partial charge is 0.493 e. The maximum atomic E-state index is 11.5. The zero-order valence-corrected chi connectivity index (χ0v) is 13.0. The summed E-state index contributed by atoms with van der Waals surface area (Å²) in [6, 6.07) is 5.23. The summed E-state index contributed by atoms with van der Waals surface area (Å²) in [5.74, 6) is 1.09. The first kappa shape index (κ1) is 17.6. The lowest BCUT2D eigenvalue weighted by Crippen LogP contribution is -2.31. The molecule has 0 aliphatic heterocycles. The minimum atomic E-state index is -0.228. The monoisotopic (exact) mass is 310 g/mol. The van der Waals surface area contributed by atoms with Crippen molar-refractivity contribution in [2.24, 2.45) is 10.7 Å². The van der Waals surface area contributed by atoms with E-state index in [1.807, 2.05) is 0 Å². The van der Waals surface area contributed by atoms with Gasteiger partial charge in [-0.05, 0) is 12.1 Å². The Morgan fingerprint density at radius 2 is 1.95 bits per heavy atom. The van der Waals surface area contributed by atoms with Crippen molar-refractivity contribution < 1.29 is 19.0 Å². The van der Waals surface area contributed by atoms with E-state index in [-0.39, 0.29) is 18.4 Å². The van der Waals surface area contributed by atoms with Gasteiger partial charge in [-0.25, -0.2) is 4.99 Å². The number of guanidine groups is 1. The van der Waals surface area contributed by atoms with Crippen LogP contribution in [0.2, 0.25) is 0 Å². The van der Waals surface area contributed by atoms with Gasteiger partial charge < -0.3 is 30.6 Å². The molecule has 1 amide bonds. The number of nitrogens with zero attached hydrogens (tertiary/aromatic N) is 1. The molecule has 1 aromatic carbocycles. The predicted octanol–water partition coefficient (Wildman–Crippen LogP) is 0.193. The second-order valence-electron chi connectivity index (χ2n) is 4.24. The molecule has 0 aliphatic rings. The molecule has 0 atom stereocenters. The topological polar surface area (TPSA) is 107 Å². The molecule has 0 aliphatic carbocycles. The number of rotatable bonds is 8. The van der Waals surface area contributed by atoms with Gasteiger partial charge in [0.15, 0.2) is 17.5 Å². The van der Waals surface area contributed by atoms with Crippen LogP contribution in [0.1, 0.15) is 0 Å². The van der Waals surface area contributed by atoms with E-state index in [4.69, 9.17) is 19.9 Å². The Morgan fingerprint density at radius 1 is 1.23 bits per heavy atom. The number of aliphatic imine (C=N–C) groups is 1. The fourth-order valence-corrected chi connectivity index (χ4v) is 1.61. The zero-order valence-electron chi connectivity index (χ0n) is 13.0. The van der Waals surface area contributed by atoms with Crippen molar-refractivity contribution >= 4 is 17.6 Å². The smallest absolute Gasteiger partial charge is 0.241 e. The lowest BCUT2D eigenvalue weighted by molar-refractivity contribution is -0.119. The van der Waals surface area contributed by atoms with Crippen molar-refractivity contribution in [2.45, 2.75) is 0 Å². The molecule has 4 N–H and O–H groups in total. The second kappa shape index (κ2) is 9.46. The molecule has 0 aromatic heterocycles. The number of carbonyl (C=O) groups excluding carboxylic acids is 1. The summed E-state index contributed by atoms with van der Waals surface area (Å²) < 4.78 is 15.2. The van der Waals surface area contributed by atoms with Crippen LogP contribution in [-0.4, -0.2) is 52.9 Å². The van der Waals surface area contributed by atoms with E-state index < -0.39 is 0 Å². The first-order valence-corrected chi connectivity index (χ1v) is 6.65. The Morgan fingerprint density at radius 3 is 2.59 bits per heavy atom. The van der Waals surface area contributed by atoms with Crippen molar-refractivity contribution in [1.82, 2.24) is 5.32 Å². The van der Waals surface area contributed by atoms with Gasteiger partial charge in [-0.2, -0.15) is 0 Å². The lowest BCUT2D eigenvalue weighted by atomic mass is 10.3. The number of ether oxygens (including phenoxy) is 3. The van der Waals surface area contributed by atoms with E-state index in [1.54, 1.807) is 39.5 Å². The Labute approximate surface area is 129 Å². The number of amides is 1. The van der Waals surface area contributed by atoms with Crippen LogP contribution >= 0.6 is 0 Å². The number of nitrogens with one attached hydrogen (secondary N) is 2. The second-order valence-corrected chi connectivity index (χ2v) is 4.24. The highest BCUT2D eigenvalue weighted by Gasteiger charge is 2.05. The maximum Gasteiger partial charge on any atom is 0.241 e. The highest BCUT2D eigenvalue weighted by molar-refractivity contribution is 5.94. The zero-order chi connectivity index (χ0) is 16.4. The van der Waals surface area contributed by atoms with Gasteiger partial charge in [0.25, 0.3) is 0 Å². The van der Waals surface area contributed by atoms with Crippen molar-refractivity contribution in [3.8, 4) is 11.5 Å². The van der Waals surface area contributed by atoms with E-state index >= 15 is 0 Å². The molecule has 8 nitrogen and oxygen atoms in total.